The maximum atomic E-state index is 12.8. The van der Waals surface area contributed by atoms with Crippen molar-refractivity contribution >= 4 is 34.2 Å². The van der Waals surface area contributed by atoms with Crippen molar-refractivity contribution in [2.45, 2.75) is 52.4 Å². The van der Waals surface area contributed by atoms with Crippen LogP contribution >= 0.6 is 22.7 Å². The fourth-order valence-electron chi connectivity index (χ4n) is 2.44. The van der Waals surface area contributed by atoms with Crippen molar-refractivity contribution in [2.75, 3.05) is 0 Å². The number of carbonyl (C=O) groups is 2. The van der Waals surface area contributed by atoms with Gasteiger partial charge in [-0.3, -0.25) is 9.59 Å². The molecule has 1 aliphatic rings. The molecule has 0 saturated heterocycles. The van der Waals surface area contributed by atoms with Crippen molar-refractivity contribution in [1.29, 1.82) is 0 Å². The Morgan fingerprint density at radius 2 is 1.05 bits per heavy atom. The summed E-state index contributed by atoms with van der Waals surface area (Å²) in [5.74, 6) is 0.0219. The molecule has 0 amide bonds. The molecule has 0 saturated carbocycles. The number of hydrogen-bond acceptors (Lipinski definition) is 4. The van der Waals surface area contributed by atoms with Gasteiger partial charge in [-0.15, -0.1) is 22.7 Å². The third kappa shape index (κ3) is 2.29. The van der Waals surface area contributed by atoms with Crippen LogP contribution in [-0.2, 0) is 10.8 Å². The highest BCUT2D eigenvalue weighted by atomic mass is 32.1. The number of rotatable bonds is 0. The van der Waals surface area contributed by atoms with E-state index < -0.39 is 0 Å². The number of ketones is 2. The smallest absolute Gasteiger partial charge is 0.214 e. The molecular weight excluding hydrogens is 312 g/mol. The molecule has 0 N–H and O–H groups in total. The first-order chi connectivity index (χ1) is 10.00. The van der Waals surface area contributed by atoms with Crippen LogP contribution in [0.5, 0.6) is 0 Å². The molecule has 0 unspecified atom stereocenters. The molecule has 3 rings (SSSR count). The predicted molar refractivity (Wildman–Crippen MR) is 92.9 cm³/mol. The number of fused-ring (bicyclic) bond motifs is 2. The molecule has 4 heteroatoms. The Kier molecular flexibility index (Phi) is 3.28. The van der Waals surface area contributed by atoms with Crippen molar-refractivity contribution < 1.29 is 9.59 Å². The fourth-order valence-corrected chi connectivity index (χ4v) is 4.83. The summed E-state index contributed by atoms with van der Waals surface area (Å²) in [6, 6.07) is 3.83. The van der Waals surface area contributed by atoms with Crippen LogP contribution in [-0.4, -0.2) is 11.6 Å². The van der Waals surface area contributed by atoms with E-state index >= 15 is 0 Å². The van der Waals surface area contributed by atoms with Gasteiger partial charge in [0.2, 0.25) is 5.78 Å². The van der Waals surface area contributed by atoms with E-state index in [-0.39, 0.29) is 22.4 Å². The molecule has 0 aliphatic heterocycles. The Labute approximate surface area is 139 Å². The third-order valence-corrected chi connectivity index (χ3v) is 6.96. The average molecular weight is 332 g/mol. The molecule has 0 atom stereocenters. The van der Waals surface area contributed by atoms with Gasteiger partial charge in [-0.05, 0) is 23.0 Å². The van der Waals surface area contributed by atoms with Crippen LogP contribution in [0.3, 0.4) is 0 Å². The van der Waals surface area contributed by atoms with Crippen LogP contribution in [0.4, 0.5) is 0 Å². The SMILES string of the molecule is CC(C)(C)c1cc2c(s1)C(=O)c1sc(C(C)(C)C)cc1C2=O. The van der Waals surface area contributed by atoms with E-state index in [2.05, 4.69) is 41.5 Å². The largest absolute Gasteiger partial charge is 0.288 e. The lowest BCUT2D eigenvalue weighted by Gasteiger charge is -2.15. The first-order valence-electron chi connectivity index (χ1n) is 7.38. The predicted octanol–water partition coefficient (Wildman–Crippen LogP) is 5.18. The first kappa shape index (κ1) is 15.6. The molecule has 0 bridgehead atoms. The molecule has 0 spiro atoms. The summed E-state index contributed by atoms with van der Waals surface area (Å²) < 4.78 is 0. The molecule has 2 aromatic heterocycles. The second-order valence-corrected chi connectivity index (χ2v) is 9.97. The molecule has 116 valence electrons. The van der Waals surface area contributed by atoms with E-state index in [0.717, 1.165) is 9.75 Å². The maximum absolute atomic E-state index is 12.8. The van der Waals surface area contributed by atoms with E-state index in [0.29, 0.717) is 20.9 Å². The van der Waals surface area contributed by atoms with E-state index in [1.807, 2.05) is 12.1 Å². The lowest BCUT2D eigenvalue weighted by atomic mass is 9.89. The Balaban J connectivity index is 2.16. The number of carbonyl (C=O) groups excluding carboxylic acids is 2. The zero-order valence-electron chi connectivity index (χ0n) is 13.8. The fraction of sp³-hybridized carbons (Fsp3) is 0.444. The minimum absolute atomic E-state index is 0.00287. The first-order valence-corrected chi connectivity index (χ1v) is 9.01. The van der Waals surface area contributed by atoms with Gasteiger partial charge in [0.05, 0.1) is 9.75 Å². The van der Waals surface area contributed by atoms with E-state index in [4.69, 9.17) is 0 Å². The highest BCUT2D eigenvalue weighted by molar-refractivity contribution is 7.18. The summed E-state index contributed by atoms with van der Waals surface area (Å²) in [5, 5.41) is 0. The van der Waals surface area contributed by atoms with Crippen LogP contribution < -0.4 is 0 Å². The molecule has 0 aromatic carbocycles. The van der Waals surface area contributed by atoms with E-state index in [1.165, 1.54) is 22.7 Å². The van der Waals surface area contributed by atoms with Gasteiger partial charge in [-0.25, -0.2) is 0 Å². The van der Waals surface area contributed by atoms with Gasteiger partial charge in [0.15, 0.2) is 5.78 Å². The quantitative estimate of drug-likeness (QED) is 0.568. The summed E-state index contributed by atoms with van der Waals surface area (Å²) in [6.45, 7) is 12.6. The molecule has 2 nitrogen and oxygen atoms in total. The third-order valence-electron chi connectivity index (χ3n) is 3.84. The molecular formula is C18H20O2S2. The molecule has 2 aromatic rings. The Hall–Kier alpha value is -1.26. The van der Waals surface area contributed by atoms with Crippen molar-refractivity contribution in [2.24, 2.45) is 0 Å². The van der Waals surface area contributed by atoms with Crippen molar-refractivity contribution in [3.05, 3.63) is 42.8 Å². The minimum Gasteiger partial charge on any atom is -0.288 e. The van der Waals surface area contributed by atoms with Crippen LogP contribution in [0, 0.1) is 0 Å². The van der Waals surface area contributed by atoms with Gasteiger partial charge in [-0.1, -0.05) is 41.5 Å². The minimum atomic E-state index is -0.0490. The van der Waals surface area contributed by atoms with E-state index in [9.17, 15) is 9.59 Å². The highest BCUT2D eigenvalue weighted by Crippen LogP contribution is 2.42. The second-order valence-electron chi connectivity index (χ2n) is 7.87. The Morgan fingerprint density at radius 3 is 1.36 bits per heavy atom. The summed E-state index contributed by atoms with van der Waals surface area (Å²) in [4.78, 5) is 29.0. The summed E-state index contributed by atoms with van der Waals surface area (Å²) in [5.41, 5.74) is 1.08. The summed E-state index contributed by atoms with van der Waals surface area (Å²) in [7, 11) is 0. The summed E-state index contributed by atoms with van der Waals surface area (Å²) >= 11 is 2.94. The standard InChI is InChI=1S/C18H20O2S2/c1-17(2,3)11-7-9-13(19)10-8-12(18(4,5)6)22-16(10)14(20)15(9)21-11/h7-8H,1-6H3. The van der Waals surface area contributed by atoms with Gasteiger partial charge in [-0.2, -0.15) is 0 Å². The van der Waals surface area contributed by atoms with Crippen molar-refractivity contribution in [3.63, 3.8) is 0 Å². The monoisotopic (exact) mass is 332 g/mol. The second kappa shape index (κ2) is 4.62. The summed E-state index contributed by atoms with van der Waals surface area (Å²) in [6.07, 6.45) is 0. The Morgan fingerprint density at radius 1 is 0.682 bits per heavy atom. The topological polar surface area (TPSA) is 34.1 Å². The number of hydrogen-bond donors (Lipinski definition) is 0. The number of thiophene rings is 2. The van der Waals surface area contributed by atoms with E-state index in [1.54, 1.807) is 0 Å². The van der Waals surface area contributed by atoms with Crippen LogP contribution in [0.15, 0.2) is 12.1 Å². The molecule has 0 fully saturated rings. The Bertz CT molecular complexity index is 677. The zero-order valence-corrected chi connectivity index (χ0v) is 15.4. The molecule has 1 aliphatic carbocycles. The average Bonchev–Trinajstić information content (AvgIpc) is 2.99. The lowest BCUT2D eigenvalue weighted by Crippen LogP contribution is -2.15. The highest BCUT2D eigenvalue weighted by Gasteiger charge is 2.36. The molecule has 0 radical (unpaired) electrons. The van der Waals surface area contributed by atoms with Gasteiger partial charge in [0.1, 0.15) is 0 Å². The lowest BCUT2D eigenvalue weighted by molar-refractivity contribution is 0.0985. The van der Waals surface area contributed by atoms with Crippen LogP contribution in [0.25, 0.3) is 0 Å². The maximum Gasteiger partial charge on any atom is 0.214 e. The molecule has 22 heavy (non-hydrogen) atoms. The van der Waals surface area contributed by atoms with Gasteiger partial charge < -0.3 is 0 Å². The van der Waals surface area contributed by atoms with Crippen molar-refractivity contribution in [1.82, 2.24) is 0 Å². The van der Waals surface area contributed by atoms with Gasteiger partial charge in [0, 0.05) is 20.9 Å². The van der Waals surface area contributed by atoms with Gasteiger partial charge >= 0.3 is 0 Å². The van der Waals surface area contributed by atoms with Crippen LogP contribution in [0.2, 0.25) is 0 Å². The van der Waals surface area contributed by atoms with Gasteiger partial charge in [0.25, 0.3) is 0 Å². The van der Waals surface area contributed by atoms with Crippen LogP contribution in [0.1, 0.15) is 81.8 Å². The normalized spacial score (nSPS) is 15.0. The van der Waals surface area contributed by atoms with Crippen molar-refractivity contribution in [3.8, 4) is 0 Å². The zero-order chi connectivity index (χ0) is 16.4. The molecule has 2 heterocycles.